The van der Waals surface area contributed by atoms with Crippen molar-refractivity contribution in [2.75, 3.05) is 0 Å². The summed E-state index contributed by atoms with van der Waals surface area (Å²) in [7, 11) is 0. The lowest BCUT2D eigenvalue weighted by Gasteiger charge is -2.20. The van der Waals surface area contributed by atoms with Crippen LogP contribution in [0.2, 0.25) is 0 Å². The summed E-state index contributed by atoms with van der Waals surface area (Å²) < 4.78 is 0. The predicted octanol–water partition coefficient (Wildman–Crippen LogP) is 6.54. The van der Waals surface area contributed by atoms with Crippen LogP contribution in [0, 0.1) is 41.5 Å². The van der Waals surface area contributed by atoms with Crippen molar-refractivity contribution in [3.8, 4) is 34.5 Å². The molecule has 4 aromatic rings. The number of aromatic hydroxyl groups is 6. The summed E-state index contributed by atoms with van der Waals surface area (Å²) in [6.45, 7) is 10.9. The third-order valence-corrected chi connectivity index (χ3v) is 8.06. The van der Waals surface area contributed by atoms with Gasteiger partial charge in [0.2, 0.25) is 0 Å². The lowest BCUT2D eigenvalue weighted by molar-refractivity contribution is 0.437. The van der Waals surface area contributed by atoms with Gasteiger partial charge in [-0.25, -0.2) is 0 Å². The first-order chi connectivity index (χ1) is 18.3. The van der Waals surface area contributed by atoms with Gasteiger partial charge in [-0.3, -0.25) is 0 Å². The highest BCUT2D eigenvalue weighted by Crippen LogP contribution is 2.39. The van der Waals surface area contributed by atoms with Gasteiger partial charge in [0.05, 0.1) is 0 Å². The molecule has 0 heterocycles. The Morgan fingerprint density at radius 3 is 1.13 bits per heavy atom. The lowest BCUT2D eigenvalue weighted by Crippen LogP contribution is -2.05. The van der Waals surface area contributed by atoms with Crippen molar-refractivity contribution >= 4 is 0 Å². The second-order valence-electron chi connectivity index (χ2n) is 10.6. The Morgan fingerprint density at radius 1 is 0.410 bits per heavy atom. The van der Waals surface area contributed by atoms with Gasteiger partial charge in [0.1, 0.15) is 34.5 Å². The van der Waals surface area contributed by atoms with E-state index in [1.54, 1.807) is 38.1 Å². The molecule has 0 spiro atoms. The molecule has 0 aromatic heterocycles. The predicted molar refractivity (Wildman–Crippen MR) is 153 cm³/mol. The molecule has 4 rings (SSSR count). The highest BCUT2D eigenvalue weighted by atomic mass is 16.3. The van der Waals surface area contributed by atoms with Crippen molar-refractivity contribution in [2.45, 2.75) is 60.8 Å². The first kappa shape index (κ1) is 27.7. The maximum Gasteiger partial charge on any atom is 0.125 e. The van der Waals surface area contributed by atoms with Crippen molar-refractivity contribution in [2.24, 2.45) is 0 Å². The fraction of sp³-hybridized carbons (Fsp3) is 0.273. The van der Waals surface area contributed by atoms with E-state index in [9.17, 15) is 30.6 Å². The first-order valence-electron chi connectivity index (χ1n) is 12.9. The highest BCUT2D eigenvalue weighted by molar-refractivity contribution is 5.58. The zero-order valence-electron chi connectivity index (χ0n) is 23.3. The Hall–Kier alpha value is -4.32. The van der Waals surface area contributed by atoms with E-state index in [-0.39, 0.29) is 34.5 Å². The number of hydrogen-bond donors (Lipinski definition) is 6. The van der Waals surface area contributed by atoms with E-state index < -0.39 is 0 Å². The summed E-state index contributed by atoms with van der Waals surface area (Å²) in [6.07, 6.45) is 1.16. The van der Waals surface area contributed by atoms with Gasteiger partial charge in [-0.15, -0.1) is 0 Å². The summed E-state index contributed by atoms with van der Waals surface area (Å²) in [4.78, 5) is 0. The van der Waals surface area contributed by atoms with Crippen LogP contribution in [-0.4, -0.2) is 30.6 Å². The molecule has 0 fully saturated rings. The molecule has 0 unspecified atom stereocenters. The van der Waals surface area contributed by atoms with E-state index in [1.807, 2.05) is 39.8 Å². The number of aryl methyl sites for hydroxylation is 2. The normalized spacial score (nSPS) is 11.2. The number of benzene rings is 4. The standard InChI is InChI=1S/C33H36O6/c1-16-11-24(18(3)26(30(16)36)14-22-7-9-28(34)20(5)32(22)38)13-25-12-17(2)31(37)27(19(25)4)15-23-8-10-29(35)21(6)33(23)39/h7-12,34-39H,13-15H2,1-6H3. The van der Waals surface area contributed by atoms with E-state index >= 15 is 0 Å². The molecular weight excluding hydrogens is 492 g/mol. The highest BCUT2D eigenvalue weighted by Gasteiger charge is 2.20. The zero-order chi connectivity index (χ0) is 28.8. The molecule has 6 nitrogen and oxygen atoms in total. The van der Waals surface area contributed by atoms with Gasteiger partial charge >= 0.3 is 0 Å². The Labute approximate surface area is 229 Å². The second-order valence-corrected chi connectivity index (χ2v) is 10.6. The molecule has 0 amide bonds. The Kier molecular flexibility index (Phi) is 7.42. The van der Waals surface area contributed by atoms with E-state index in [1.165, 1.54) is 0 Å². The van der Waals surface area contributed by atoms with Crippen LogP contribution in [-0.2, 0) is 19.3 Å². The lowest BCUT2D eigenvalue weighted by atomic mass is 9.86. The molecule has 0 aliphatic rings. The van der Waals surface area contributed by atoms with Crippen LogP contribution in [0.15, 0.2) is 36.4 Å². The maximum absolute atomic E-state index is 11.0. The molecule has 0 atom stereocenters. The quantitative estimate of drug-likeness (QED) is 0.169. The minimum atomic E-state index is 0.0132. The van der Waals surface area contributed by atoms with E-state index in [2.05, 4.69) is 0 Å². The minimum Gasteiger partial charge on any atom is -0.508 e. The van der Waals surface area contributed by atoms with Crippen molar-refractivity contribution in [1.82, 2.24) is 0 Å². The third kappa shape index (κ3) is 5.07. The van der Waals surface area contributed by atoms with Gasteiger partial charge in [-0.05, 0) is 105 Å². The topological polar surface area (TPSA) is 121 Å². The first-order valence-corrected chi connectivity index (χ1v) is 12.9. The molecule has 6 heteroatoms. The van der Waals surface area contributed by atoms with Gasteiger partial charge in [0.15, 0.2) is 0 Å². The monoisotopic (exact) mass is 528 g/mol. The fourth-order valence-electron chi connectivity index (χ4n) is 5.26. The van der Waals surface area contributed by atoms with Gasteiger partial charge in [0.25, 0.3) is 0 Å². The van der Waals surface area contributed by atoms with Crippen molar-refractivity contribution in [3.05, 3.63) is 103 Å². The summed E-state index contributed by atoms with van der Waals surface area (Å²) >= 11 is 0. The van der Waals surface area contributed by atoms with Crippen LogP contribution >= 0.6 is 0 Å². The van der Waals surface area contributed by atoms with E-state index in [0.717, 1.165) is 33.4 Å². The molecule has 0 saturated carbocycles. The fourth-order valence-corrected chi connectivity index (χ4v) is 5.26. The van der Waals surface area contributed by atoms with Crippen LogP contribution < -0.4 is 0 Å². The van der Waals surface area contributed by atoms with Crippen molar-refractivity contribution < 1.29 is 30.6 Å². The van der Waals surface area contributed by atoms with Crippen molar-refractivity contribution in [3.63, 3.8) is 0 Å². The second kappa shape index (κ2) is 10.4. The van der Waals surface area contributed by atoms with Gasteiger partial charge in [0, 0.05) is 35.1 Å². The summed E-state index contributed by atoms with van der Waals surface area (Å²) in [5.74, 6) is 0.426. The average molecular weight is 529 g/mol. The Bertz CT molecular complexity index is 1480. The molecule has 0 saturated heterocycles. The van der Waals surface area contributed by atoms with E-state index in [4.69, 9.17) is 0 Å². The number of phenols is 6. The largest absolute Gasteiger partial charge is 0.508 e. The maximum atomic E-state index is 11.0. The molecule has 6 N–H and O–H groups in total. The molecule has 39 heavy (non-hydrogen) atoms. The third-order valence-electron chi connectivity index (χ3n) is 8.06. The number of rotatable bonds is 6. The smallest absolute Gasteiger partial charge is 0.125 e. The number of phenolic OH excluding ortho intramolecular Hbond substituents is 6. The summed E-state index contributed by atoms with van der Waals surface area (Å²) in [5.41, 5.74) is 8.72. The SMILES string of the molecule is Cc1cc(Cc2cc(C)c(O)c(Cc3ccc(O)c(C)c3O)c2C)c(C)c(Cc2ccc(O)c(C)c2O)c1O. The summed E-state index contributed by atoms with van der Waals surface area (Å²) in [5, 5.41) is 62.9. The number of hydrogen-bond acceptors (Lipinski definition) is 6. The Morgan fingerprint density at radius 2 is 0.769 bits per heavy atom. The van der Waals surface area contributed by atoms with Crippen LogP contribution in [0.1, 0.15) is 66.8 Å². The molecule has 0 radical (unpaired) electrons. The average Bonchev–Trinajstić information content (AvgIpc) is 2.90. The van der Waals surface area contributed by atoms with Crippen LogP contribution in [0.3, 0.4) is 0 Å². The molecular formula is C33H36O6. The molecule has 0 aliphatic carbocycles. The van der Waals surface area contributed by atoms with Crippen molar-refractivity contribution in [1.29, 1.82) is 0 Å². The summed E-state index contributed by atoms with van der Waals surface area (Å²) in [6, 6.07) is 10.4. The van der Waals surface area contributed by atoms with Gasteiger partial charge < -0.3 is 30.6 Å². The molecule has 204 valence electrons. The minimum absolute atomic E-state index is 0.0132. The molecule has 4 aromatic carbocycles. The van der Waals surface area contributed by atoms with Crippen LogP contribution in [0.25, 0.3) is 0 Å². The van der Waals surface area contributed by atoms with Gasteiger partial charge in [-0.1, -0.05) is 24.3 Å². The zero-order valence-corrected chi connectivity index (χ0v) is 23.3. The van der Waals surface area contributed by atoms with Crippen LogP contribution in [0.4, 0.5) is 0 Å². The Balaban J connectivity index is 1.76. The van der Waals surface area contributed by atoms with E-state index in [0.29, 0.717) is 52.6 Å². The molecule has 0 aliphatic heterocycles. The van der Waals surface area contributed by atoms with Crippen LogP contribution in [0.5, 0.6) is 34.5 Å². The molecule has 0 bridgehead atoms. The van der Waals surface area contributed by atoms with Gasteiger partial charge in [-0.2, -0.15) is 0 Å².